The van der Waals surface area contributed by atoms with E-state index in [-0.39, 0.29) is 17.9 Å². The molecule has 3 N–H and O–H groups in total. The summed E-state index contributed by atoms with van der Waals surface area (Å²) in [5.41, 5.74) is 2.64. The fourth-order valence-corrected chi connectivity index (χ4v) is 4.30. The van der Waals surface area contributed by atoms with E-state index in [0.29, 0.717) is 39.2 Å². The lowest BCUT2D eigenvalue weighted by atomic mass is 9.93. The Labute approximate surface area is 180 Å². The number of H-pyrrole nitrogens is 1. The van der Waals surface area contributed by atoms with Crippen molar-refractivity contribution in [2.45, 2.75) is 38.5 Å². The van der Waals surface area contributed by atoms with Gasteiger partial charge in [0.1, 0.15) is 12.0 Å². The highest BCUT2D eigenvalue weighted by atomic mass is 19.1. The molecule has 1 aromatic carbocycles. The van der Waals surface area contributed by atoms with Crippen molar-refractivity contribution < 1.29 is 18.7 Å². The molecule has 0 spiro atoms. The van der Waals surface area contributed by atoms with Gasteiger partial charge in [-0.05, 0) is 37.7 Å². The molecule has 4 aromatic rings. The van der Waals surface area contributed by atoms with Crippen LogP contribution >= 0.6 is 0 Å². The van der Waals surface area contributed by atoms with Gasteiger partial charge in [0.25, 0.3) is 0 Å². The van der Waals surface area contributed by atoms with Gasteiger partial charge in [-0.2, -0.15) is 5.10 Å². The molecular formula is C22H20F2N6O2. The zero-order valence-electron chi connectivity index (χ0n) is 17.1. The van der Waals surface area contributed by atoms with Crippen LogP contribution in [0.2, 0.25) is 0 Å². The highest BCUT2D eigenvalue weighted by Crippen LogP contribution is 2.45. The molecule has 2 aliphatic carbocycles. The van der Waals surface area contributed by atoms with Gasteiger partial charge in [0.2, 0.25) is 5.91 Å². The minimum absolute atomic E-state index is 0.0682. The van der Waals surface area contributed by atoms with Gasteiger partial charge in [-0.15, -0.1) is 0 Å². The Kier molecular flexibility index (Phi) is 4.10. The average molecular weight is 438 g/mol. The third kappa shape index (κ3) is 2.97. The van der Waals surface area contributed by atoms with Gasteiger partial charge < -0.3 is 14.8 Å². The smallest absolute Gasteiger partial charge is 0.231 e. The van der Waals surface area contributed by atoms with Gasteiger partial charge in [-0.1, -0.05) is 0 Å². The monoisotopic (exact) mass is 438 g/mol. The molecule has 0 saturated heterocycles. The SMILES string of the molecule is Cc1c(F)c(C(O)C2CC2)c2[nH]ncc2c1-c1cn2cc(NC(=O)C3CC3F)nc2cn1. The lowest BCUT2D eigenvalue weighted by Gasteiger charge is -2.17. The normalized spacial score (nSPS) is 21.2. The Bertz CT molecular complexity index is 1390. The summed E-state index contributed by atoms with van der Waals surface area (Å²) in [7, 11) is 0. The number of fused-ring (bicyclic) bond motifs is 2. The number of carbonyl (C=O) groups is 1. The molecule has 6 rings (SSSR count). The highest BCUT2D eigenvalue weighted by molar-refractivity contribution is 5.97. The van der Waals surface area contributed by atoms with Gasteiger partial charge >= 0.3 is 0 Å². The van der Waals surface area contributed by atoms with Gasteiger partial charge in [0.15, 0.2) is 11.5 Å². The van der Waals surface area contributed by atoms with Crippen molar-refractivity contribution in [2.24, 2.45) is 11.8 Å². The number of aliphatic hydroxyl groups is 1. The van der Waals surface area contributed by atoms with Crippen LogP contribution in [-0.2, 0) is 4.79 Å². The molecule has 8 nitrogen and oxygen atoms in total. The average Bonchev–Trinajstić information content (AvgIpc) is 3.66. The lowest BCUT2D eigenvalue weighted by Crippen LogP contribution is -2.15. The van der Waals surface area contributed by atoms with Gasteiger partial charge in [-0.3, -0.25) is 14.9 Å². The number of anilines is 1. The molecule has 0 radical (unpaired) electrons. The molecular weight excluding hydrogens is 418 g/mol. The van der Waals surface area contributed by atoms with E-state index < -0.39 is 29.9 Å². The number of hydrogen-bond acceptors (Lipinski definition) is 5. The third-order valence-corrected chi connectivity index (χ3v) is 6.38. The number of aromatic amines is 1. The second-order valence-electron chi connectivity index (χ2n) is 8.68. The van der Waals surface area contributed by atoms with E-state index in [1.165, 1.54) is 6.20 Å². The Morgan fingerprint density at radius 1 is 1.34 bits per heavy atom. The van der Waals surface area contributed by atoms with Crippen molar-refractivity contribution in [3.63, 3.8) is 0 Å². The first kappa shape index (κ1) is 19.3. The number of carbonyl (C=O) groups excluding carboxylic acids is 1. The van der Waals surface area contributed by atoms with Crippen LogP contribution < -0.4 is 5.32 Å². The highest BCUT2D eigenvalue weighted by Gasteiger charge is 2.43. The van der Waals surface area contributed by atoms with Crippen LogP contribution in [0.3, 0.4) is 0 Å². The summed E-state index contributed by atoms with van der Waals surface area (Å²) in [6.07, 6.45) is 6.46. The molecule has 3 unspecified atom stereocenters. The number of alkyl halides is 1. The number of aromatic nitrogens is 5. The van der Waals surface area contributed by atoms with Crippen molar-refractivity contribution >= 4 is 28.3 Å². The number of nitrogens with one attached hydrogen (secondary N) is 2. The summed E-state index contributed by atoms with van der Waals surface area (Å²) < 4.78 is 30.2. The fraction of sp³-hybridized carbons (Fsp3) is 0.364. The van der Waals surface area contributed by atoms with Crippen LogP contribution in [-0.4, -0.2) is 41.8 Å². The number of amides is 1. The maximum Gasteiger partial charge on any atom is 0.231 e. The minimum atomic E-state index is -1.09. The summed E-state index contributed by atoms with van der Waals surface area (Å²) in [6, 6.07) is 0. The second-order valence-corrected chi connectivity index (χ2v) is 8.68. The van der Waals surface area contributed by atoms with E-state index >= 15 is 4.39 Å². The fourth-order valence-electron chi connectivity index (χ4n) is 4.30. The van der Waals surface area contributed by atoms with Gasteiger partial charge in [0, 0.05) is 22.7 Å². The topological polar surface area (TPSA) is 108 Å². The quantitative estimate of drug-likeness (QED) is 0.442. The van der Waals surface area contributed by atoms with Crippen molar-refractivity contribution in [2.75, 3.05) is 5.32 Å². The number of rotatable bonds is 5. The molecule has 3 heterocycles. The number of halogens is 2. The van der Waals surface area contributed by atoms with Crippen molar-refractivity contribution in [3.05, 3.63) is 41.7 Å². The standard InChI is InChI=1S/C22H20F2N6O2/c1-9-17(12-5-26-29-20(12)18(19(9)24)21(31)10-2-3-10)14-7-30-8-15(27-16(30)6-25-14)28-22(32)11-4-13(11)23/h5-8,10-11,13,21,31H,2-4H2,1H3,(H,26,29)(H,28,32). The first-order chi connectivity index (χ1) is 15.4. The summed E-state index contributed by atoms with van der Waals surface area (Å²) in [5, 5.41) is 20.9. The molecule has 3 aromatic heterocycles. The largest absolute Gasteiger partial charge is 0.388 e. The van der Waals surface area contributed by atoms with Gasteiger partial charge in [-0.25, -0.2) is 13.8 Å². The first-order valence-corrected chi connectivity index (χ1v) is 10.6. The minimum Gasteiger partial charge on any atom is -0.388 e. The van der Waals surface area contributed by atoms with Gasteiger partial charge in [0.05, 0.1) is 41.8 Å². The second kappa shape index (κ2) is 6.80. The number of imidazole rings is 1. The molecule has 0 bridgehead atoms. The number of hydrogen-bond donors (Lipinski definition) is 3. The van der Waals surface area contributed by atoms with Crippen LogP contribution in [0.1, 0.15) is 36.5 Å². The molecule has 2 saturated carbocycles. The van der Waals surface area contributed by atoms with Crippen molar-refractivity contribution in [3.8, 4) is 11.3 Å². The zero-order chi connectivity index (χ0) is 22.1. The maximum atomic E-state index is 15.4. The molecule has 32 heavy (non-hydrogen) atoms. The number of benzene rings is 1. The van der Waals surface area contributed by atoms with E-state index in [1.54, 1.807) is 29.9 Å². The Hall–Kier alpha value is -3.40. The summed E-state index contributed by atoms with van der Waals surface area (Å²) >= 11 is 0. The molecule has 0 aliphatic heterocycles. The Balaban J connectivity index is 1.42. The van der Waals surface area contributed by atoms with Crippen LogP contribution in [0.25, 0.3) is 27.8 Å². The lowest BCUT2D eigenvalue weighted by molar-refractivity contribution is -0.117. The molecule has 2 fully saturated rings. The summed E-state index contributed by atoms with van der Waals surface area (Å²) in [4.78, 5) is 20.8. The van der Waals surface area contributed by atoms with Crippen molar-refractivity contribution in [1.29, 1.82) is 0 Å². The third-order valence-electron chi connectivity index (χ3n) is 6.38. The van der Waals surface area contributed by atoms with E-state index in [2.05, 4.69) is 25.5 Å². The molecule has 10 heteroatoms. The van der Waals surface area contributed by atoms with Crippen LogP contribution in [0.4, 0.5) is 14.6 Å². The van der Waals surface area contributed by atoms with Crippen LogP contribution in [0, 0.1) is 24.6 Å². The summed E-state index contributed by atoms with van der Waals surface area (Å²) in [6.45, 7) is 1.66. The van der Waals surface area contributed by atoms with Crippen LogP contribution in [0.5, 0.6) is 0 Å². The van der Waals surface area contributed by atoms with E-state index in [9.17, 15) is 14.3 Å². The number of nitrogens with zero attached hydrogens (tertiary/aromatic N) is 4. The Morgan fingerprint density at radius 3 is 2.84 bits per heavy atom. The predicted molar refractivity (Wildman–Crippen MR) is 112 cm³/mol. The zero-order valence-corrected chi connectivity index (χ0v) is 17.1. The summed E-state index contributed by atoms with van der Waals surface area (Å²) in [5.74, 6) is -1.11. The molecule has 3 atom stereocenters. The van der Waals surface area contributed by atoms with E-state index in [0.717, 1.165) is 12.8 Å². The Morgan fingerprint density at radius 2 is 2.12 bits per heavy atom. The molecule has 2 aliphatic rings. The molecule has 1 amide bonds. The van der Waals surface area contributed by atoms with E-state index in [4.69, 9.17) is 0 Å². The maximum absolute atomic E-state index is 15.4. The van der Waals surface area contributed by atoms with Crippen LogP contribution in [0.15, 0.2) is 24.8 Å². The predicted octanol–water partition coefficient (Wildman–Crippen LogP) is 3.46. The first-order valence-electron chi connectivity index (χ1n) is 10.6. The number of aliphatic hydroxyl groups excluding tert-OH is 1. The molecule has 164 valence electrons. The van der Waals surface area contributed by atoms with E-state index in [1.807, 2.05) is 0 Å². The van der Waals surface area contributed by atoms with Crippen molar-refractivity contribution in [1.82, 2.24) is 24.6 Å².